The van der Waals surface area contributed by atoms with Gasteiger partial charge >= 0.3 is 5.97 Å². The zero-order valence-electron chi connectivity index (χ0n) is 23.5. The van der Waals surface area contributed by atoms with Crippen molar-refractivity contribution in [3.63, 3.8) is 0 Å². The smallest absolute Gasteiger partial charge is 0.324 e. The van der Waals surface area contributed by atoms with Crippen LogP contribution in [0.5, 0.6) is 0 Å². The van der Waals surface area contributed by atoms with Crippen LogP contribution >= 0.6 is 0 Å². The Morgan fingerprint density at radius 3 is 2.66 bits per heavy atom. The molecule has 214 valence electrons. The van der Waals surface area contributed by atoms with Gasteiger partial charge in [0.05, 0.1) is 11.9 Å². The molecule has 0 aromatic carbocycles. The molecule has 0 aliphatic carbocycles. The molecule has 10 nitrogen and oxygen atoms in total. The Kier molecular flexibility index (Phi) is 9.53. The molecule has 1 amide bonds. The molecular weight excluding hydrogens is 525 g/mol. The van der Waals surface area contributed by atoms with Gasteiger partial charge in [-0.15, -0.1) is 0 Å². The molecule has 0 aliphatic rings. The molecule has 41 heavy (non-hydrogen) atoms. The molecule has 4 aromatic rings. The first kappa shape index (κ1) is 29.5. The Balaban J connectivity index is 1.66. The number of nitrogens with zero attached hydrogens (tertiary/aromatic N) is 5. The van der Waals surface area contributed by atoms with Gasteiger partial charge in [-0.1, -0.05) is 26.3 Å². The molecule has 0 unspecified atom stereocenters. The summed E-state index contributed by atoms with van der Waals surface area (Å²) in [5, 5.41) is 3.53. The molecule has 11 heteroatoms. The lowest BCUT2D eigenvalue weighted by atomic mass is 10.0. The van der Waals surface area contributed by atoms with Gasteiger partial charge in [0.1, 0.15) is 11.7 Å². The van der Waals surface area contributed by atoms with Crippen LogP contribution in [0.2, 0.25) is 0 Å². The van der Waals surface area contributed by atoms with Crippen LogP contribution in [0.25, 0.3) is 33.3 Å². The SMILES string of the molecule is CC[C@H](C)[C@H](N)C(=O)OCn1cc(-c2ccnc(F)c2)c2cc(-c3cncc(NC(=O)/C=C/CN(C)C)c3)cnc21. The van der Waals surface area contributed by atoms with Crippen LogP contribution in [0.3, 0.4) is 0 Å². The summed E-state index contributed by atoms with van der Waals surface area (Å²) in [6.45, 7) is 4.39. The van der Waals surface area contributed by atoms with Gasteiger partial charge in [0.15, 0.2) is 6.73 Å². The maximum Gasteiger partial charge on any atom is 0.324 e. The van der Waals surface area contributed by atoms with Gasteiger partial charge in [-0.25, -0.2) is 9.97 Å². The van der Waals surface area contributed by atoms with E-state index < -0.39 is 18.0 Å². The monoisotopic (exact) mass is 559 g/mol. The number of likely N-dealkylation sites (N-methyl/N-ethyl adjacent to an activating group) is 1. The highest BCUT2D eigenvalue weighted by molar-refractivity contribution is 6.00. The van der Waals surface area contributed by atoms with Crippen LogP contribution in [0.15, 0.2) is 67.4 Å². The van der Waals surface area contributed by atoms with Crippen molar-refractivity contribution in [2.75, 3.05) is 26.0 Å². The summed E-state index contributed by atoms with van der Waals surface area (Å²) in [6, 6.07) is 5.99. The first-order valence-electron chi connectivity index (χ1n) is 13.3. The minimum absolute atomic E-state index is 0.0248. The van der Waals surface area contributed by atoms with E-state index in [2.05, 4.69) is 20.3 Å². The van der Waals surface area contributed by atoms with Gasteiger partial charge < -0.3 is 20.7 Å². The van der Waals surface area contributed by atoms with E-state index in [1.165, 1.54) is 18.3 Å². The van der Waals surface area contributed by atoms with Crippen molar-refractivity contribution in [1.29, 1.82) is 0 Å². The molecule has 0 fully saturated rings. The summed E-state index contributed by atoms with van der Waals surface area (Å²) in [4.78, 5) is 39.4. The summed E-state index contributed by atoms with van der Waals surface area (Å²) in [7, 11) is 3.84. The zero-order chi connectivity index (χ0) is 29.5. The summed E-state index contributed by atoms with van der Waals surface area (Å²) in [6.07, 6.45) is 12.0. The number of amides is 1. The standard InChI is InChI=1S/C30H34FN7O3/c1-5-19(2)28(32)30(40)41-18-38-17-25(20-8-9-34-26(31)13-20)24-12-22(15-35-29(24)38)21-11-23(16-33-14-21)36-27(39)7-6-10-37(3)4/h6-9,11-17,19,28H,5,10,18,32H2,1-4H3,(H,36,39)/b7-6+/t19-,28-/m0/s1. The number of aromatic nitrogens is 4. The number of anilines is 1. The molecule has 2 atom stereocenters. The van der Waals surface area contributed by atoms with Gasteiger partial charge in [0.25, 0.3) is 0 Å². The number of hydrogen-bond acceptors (Lipinski definition) is 8. The number of carbonyl (C=O) groups is 2. The third-order valence-electron chi connectivity index (χ3n) is 6.71. The normalized spacial score (nSPS) is 13.0. The second-order valence-corrected chi connectivity index (χ2v) is 10.1. The van der Waals surface area contributed by atoms with E-state index >= 15 is 0 Å². The number of fused-ring (bicyclic) bond motifs is 1. The number of carbonyl (C=O) groups excluding carboxylic acids is 2. The molecule has 4 aromatic heterocycles. The second kappa shape index (κ2) is 13.2. The molecule has 4 heterocycles. The van der Waals surface area contributed by atoms with Crippen LogP contribution in [0.4, 0.5) is 10.1 Å². The first-order valence-corrected chi connectivity index (χ1v) is 13.3. The third-order valence-corrected chi connectivity index (χ3v) is 6.71. The van der Waals surface area contributed by atoms with Crippen molar-refractivity contribution in [2.45, 2.75) is 33.0 Å². The fraction of sp³-hybridized carbons (Fsp3) is 0.300. The minimum atomic E-state index is -0.737. The van der Waals surface area contributed by atoms with Crippen molar-refractivity contribution in [1.82, 2.24) is 24.4 Å². The maximum absolute atomic E-state index is 14.1. The average molecular weight is 560 g/mol. The van der Waals surface area contributed by atoms with Gasteiger partial charge in [-0.05, 0) is 43.8 Å². The predicted octanol–water partition coefficient (Wildman–Crippen LogP) is 4.23. The number of ether oxygens (including phenoxy) is 1. The maximum atomic E-state index is 14.1. The van der Waals surface area contributed by atoms with Crippen molar-refractivity contribution < 1.29 is 18.7 Å². The Bertz CT molecular complexity index is 1570. The number of nitrogens with two attached hydrogens (primary N) is 1. The number of nitrogens with one attached hydrogen (secondary N) is 1. The fourth-order valence-corrected chi connectivity index (χ4v) is 4.16. The average Bonchev–Trinajstić information content (AvgIpc) is 3.32. The summed E-state index contributed by atoms with van der Waals surface area (Å²) in [5.41, 5.74) is 9.83. The van der Waals surface area contributed by atoms with Gasteiger partial charge in [0.2, 0.25) is 11.9 Å². The van der Waals surface area contributed by atoms with Crippen molar-refractivity contribution >= 4 is 28.6 Å². The first-order chi connectivity index (χ1) is 19.7. The molecule has 4 rings (SSSR count). The summed E-state index contributed by atoms with van der Waals surface area (Å²) in [5.74, 6) is -1.41. The Morgan fingerprint density at radius 2 is 1.93 bits per heavy atom. The van der Waals surface area contributed by atoms with Crippen LogP contribution < -0.4 is 11.1 Å². The number of esters is 1. The topological polar surface area (TPSA) is 128 Å². The Morgan fingerprint density at radius 1 is 1.15 bits per heavy atom. The molecule has 0 saturated heterocycles. The van der Waals surface area contributed by atoms with Gasteiger partial charge in [-0.3, -0.25) is 19.1 Å². The highest BCUT2D eigenvalue weighted by atomic mass is 19.1. The molecule has 3 N–H and O–H groups in total. The zero-order valence-corrected chi connectivity index (χ0v) is 23.5. The van der Waals surface area contributed by atoms with Crippen LogP contribution in [0.1, 0.15) is 20.3 Å². The van der Waals surface area contributed by atoms with Crippen LogP contribution in [0, 0.1) is 11.9 Å². The molecule has 0 aliphatic heterocycles. The largest absolute Gasteiger partial charge is 0.443 e. The molecule has 0 saturated carbocycles. The third kappa shape index (κ3) is 7.38. The Labute approximate surface area is 238 Å². The van der Waals surface area contributed by atoms with Crippen molar-refractivity contribution in [3.8, 4) is 22.3 Å². The van der Waals surface area contributed by atoms with E-state index in [4.69, 9.17) is 10.5 Å². The number of rotatable bonds is 11. The predicted molar refractivity (Wildman–Crippen MR) is 156 cm³/mol. The number of pyridine rings is 3. The van der Waals surface area contributed by atoms with E-state index in [9.17, 15) is 14.0 Å². The lowest BCUT2D eigenvalue weighted by Gasteiger charge is -2.17. The van der Waals surface area contributed by atoms with E-state index in [0.717, 1.165) is 17.5 Å². The van der Waals surface area contributed by atoms with E-state index in [-0.39, 0.29) is 18.6 Å². The van der Waals surface area contributed by atoms with Gasteiger partial charge in [-0.2, -0.15) is 4.39 Å². The summed E-state index contributed by atoms with van der Waals surface area (Å²) >= 11 is 0. The highest BCUT2D eigenvalue weighted by Crippen LogP contribution is 2.33. The lowest BCUT2D eigenvalue weighted by molar-refractivity contribution is -0.150. The second-order valence-electron chi connectivity index (χ2n) is 10.1. The van der Waals surface area contributed by atoms with Gasteiger partial charge in [0, 0.05) is 65.6 Å². The molecule has 0 spiro atoms. The Hall–Kier alpha value is -4.48. The fourth-order valence-electron chi connectivity index (χ4n) is 4.16. The van der Waals surface area contributed by atoms with Crippen LogP contribution in [-0.2, 0) is 21.1 Å². The highest BCUT2D eigenvalue weighted by Gasteiger charge is 2.22. The van der Waals surface area contributed by atoms with E-state index in [1.54, 1.807) is 47.6 Å². The summed E-state index contributed by atoms with van der Waals surface area (Å²) < 4.78 is 21.3. The number of hydrogen-bond donors (Lipinski definition) is 2. The molecular formula is C30H34FN7O3. The lowest BCUT2D eigenvalue weighted by Crippen LogP contribution is -2.38. The van der Waals surface area contributed by atoms with Crippen LogP contribution in [-0.4, -0.2) is 63.0 Å². The molecule has 0 radical (unpaired) electrons. The van der Waals surface area contributed by atoms with E-state index in [1.807, 2.05) is 38.9 Å². The van der Waals surface area contributed by atoms with E-state index in [0.29, 0.717) is 34.4 Å². The minimum Gasteiger partial charge on any atom is -0.443 e. The molecule has 0 bridgehead atoms. The quantitative estimate of drug-likeness (QED) is 0.159. The number of halogens is 1. The van der Waals surface area contributed by atoms with Crippen molar-refractivity contribution in [2.24, 2.45) is 11.7 Å². The van der Waals surface area contributed by atoms with Crippen molar-refractivity contribution in [3.05, 3.63) is 73.3 Å².